The highest BCUT2D eigenvalue weighted by Gasteiger charge is 2.43. The number of imide groups is 2. The fourth-order valence-electron chi connectivity index (χ4n) is 9.71. The number of hydrogen-bond donors (Lipinski definition) is 6. The molecule has 24 heteroatoms. The van der Waals surface area contributed by atoms with Gasteiger partial charge in [0.25, 0.3) is 0 Å². The van der Waals surface area contributed by atoms with Crippen molar-refractivity contribution in [2.75, 3.05) is 58.4 Å². The zero-order valence-electron chi connectivity index (χ0n) is 45.2. The Hall–Kier alpha value is -6.50. The lowest BCUT2D eigenvalue weighted by molar-refractivity contribution is -0.166. The number of benzene rings is 2. The minimum atomic E-state index is -1.13. The summed E-state index contributed by atoms with van der Waals surface area (Å²) in [5.41, 5.74) is 12.8. The molecule has 0 saturated carbocycles. The minimum Gasteiger partial charge on any atom is -0.359 e. The van der Waals surface area contributed by atoms with Gasteiger partial charge in [0.05, 0.1) is 35.7 Å². The molecule has 0 spiro atoms. The Kier molecular flexibility index (Phi) is 26.1. The molecule has 0 aliphatic carbocycles. The highest BCUT2D eigenvalue weighted by Crippen LogP contribution is 2.33. The summed E-state index contributed by atoms with van der Waals surface area (Å²) in [5.74, 6) is -8.27. The van der Waals surface area contributed by atoms with E-state index in [1.807, 2.05) is 0 Å². The zero-order valence-corrected chi connectivity index (χ0v) is 46.8. The fraction of sp³-hybridized carbons (Fsp3) is 0.564. The monoisotopic (exact) mass is 1130 g/mol. The van der Waals surface area contributed by atoms with Crippen molar-refractivity contribution < 1.29 is 57.5 Å². The molecule has 6 atom stereocenters. The molecule has 2 unspecified atom stereocenters. The third-order valence-electron chi connectivity index (χ3n) is 14.2. The number of nitrogens with two attached hydrogens (primary N) is 2. The minimum absolute atomic E-state index is 0.0516. The van der Waals surface area contributed by atoms with Gasteiger partial charge in [0.2, 0.25) is 59.1 Å². The molecular formula is C55H76N10O12S2. The molecule has 0 radical (unpaired) electrons. The second kappa shape index (κ2) is 32.5. The number of nitrogens with zero attached hydrogens (tertiary/aromatic N) is 4. The molecule has 2 aromatic rings. The lowest BCUT2D eigenvalue weighted by Crippen LogP contribution is -2.54. The summed E-state index contributed by atoms with van der Waals surface area (Å²) in [6.07, 6.45) is 0.478. The Morgan fingerprint density at radius 3 is 1.29 bits per heavy atom. The van der Waals surface area contributed by atoms with Crippen molar-refractivity contribution >= 4 is 94.2 Å². The van der Waals surface area contributed by atoms with Gasteiger partial charge in [-0.1, -0.05) is 73.5 Å². The quantitative estimate of drug-likeness (QED) is 0.0515. The zero-order chi connectivity index (χ0) is 57.4. The maximum atomic E-state index is 14.7. The van der Waals surface area contributed by atoms with Crippen LogP contribution in [0.1, 0.15) is 101 Å². The molecule has 4 bridgehead atoms. The van der Waals surface area contributed by atoms with Crippen LogP contribution in [0.15, 0.2) is 60.7 Å². The predicted octanol–water partition coefficient (Wildman–Crippen LogP) is 1.17. The number of carbonyl (C=O) groups is 12. The second-order valence-electron chi connectivity index (χ2n) is 19.8. The number of hydrogen-bond acceptors (Lipinski definition) is 16. The van der Waals surface area contributed by atoms with Gasteiger partial charge in [-0.2, -0.15) is 0 Å². The number of carbonyl (C=O) groups excluding carboxylic acids is 12. The van der Waals surface area contributed by atoms with Crippen LogP contribution >= 0.6 is 23.5 Å². The Bertz CT molecular complexity index is 2320. The summed E-state index contributed by atoms with van der Waals surface area (Å²) in [4.78, 5) is 168. The smallest absolute Gasteiger partial charge is 0.242 e. The van der Waals surface area contributed by atoms with E-state index in [0.29, 0.717) is 62.7 Å². The van der Waals surface area contributed by atoms with E-state index in [1.165, 1.54) is 14.1 Å². The van der Waals surface area contributed by atoms with Gasteiger partial charge in [-0.05, 0) is 62.7 Å². The van der Waals surface area contributed by atoms with Crippen molar-refractivity contribution in [2.24, 2.45) is 23.3 Å². The van der Waals surface area contributed by atoms with E-state index in [1.54, 1.807) is 60.7 Å². The third kappa shape index (κ3) is 19.4. The lowest BCUT2D eigenvalue weighted by Gasteiger charge is -2.36. The number of fused-ring (bicyclic) bond motifs is 4. The van der Waals surface area contributed by atoms with Crippen molar-refractivity contribution in [3.8, 4) is 0 Å². The number of ketones is 2. The highest BCUT2D eigenvalue weighted by molar-refractivity contribution is 8.17. The molecule has 3 aliphatic rings. The van der Waals surface area contributed by atoms with E-state index in [9.17, 15) is 57.5 Å². The fourth-order valence-corrected chi connectivity index (χ4v) is 12.4. The number of rotatable bonds is 28. The normalized spacial score (nSPS) is 18.9. The van der Waals surface area contributed by atoms with Crippen LogP contribution in [-0.2, 0) is 70.4 Å². The molecule has 10 amide bonds. The molecule has 3 heterocycles. The number of amides is 10. The first-order chi connectivity index (χ1) is 38.0. The van der Waals surface area contributed by atoms with Crippen molar-refractivity contribution in [3.63, 3.8) is 0 Å². The molecule has 22 nitrogen and oxygen atoms in total. The van der Waals surface area contributed by atoms with E-state index in [-0.39, 0.29) is 68.5 Å². The van der Waals surface area contributed by atoms with Crippen LogP contribution in [0.3, 0.4) is 0 Å². The molecule has 2 aromatic carbocycles. The average molecular weight is 1130 g/mol. The molecule has 5 rings (SSSR count). The number of thioether (sulfide) groups is 2. The van der Waals surface area contributed by atoms with Crippen molar-refractivity contribution in [3.05, 3.63) is 71.8 Å². The molecular weight excluding hydrogens is 1060 g/mol. The SMILES string of the molecule is CNC(=O)[C@H](CCCCN)CC(=O)[C@H](Cc1ccccc1)NC(=O)CCN1C(=O)CCN2C(=O)CC(SCSC3CC(=O)N(CCC(=O)N1CCC(=O)N[C@@H](Cc1ccccc1)C(=O)C[C@@H](CCCCN)C(=O)NC)C3=O)C2=O. The van der Waals surface area contributed by atoms with Crippen molar-refractivity contribution in [2.45, 2.75) is 125 Å². The van der Waals surface area contributed by atoms with Crippen LogP contribution in [0.5, 0.6) is 0 Å². The Balaban J connectivity index is 1.46. The van der Waals surface area contributed by atoms with Crippen LogP contribution in [0.4, 0.5) is 0 Å². The Labute approximate surface area is 469 Å². The molecule has 3 aliphatic heterocycles. The van der Waals surface area contributed by atoms with Gasteiger partial charge in [0.1, 0.15) is 0 Å². The van der Waals surface area contributed by atoms with Crippen LogP contribution in [-0.4, -0.2) is 171 Å². The van der Waals surface area contributed by atoms with E-state index in [4.69, 9.17) is 11.5 Å². The summed E-state index contributed by atoms with van der Waals surface area (Å²) in [5, 5.41) is 11.3. The number of hydrazine groups is 1. The van der Waals surface area contributed by atoms with Crippen molar-refractivity contribution in [1.29, 1.82) is 0 Å². The molecule has 3 fully saturated rings. The molecule has 430 valence electrons. The molecule has 3 saturated heterocycles. The summed E-state index contributed by atoms with van der Waals surface area (Å²) in [6.45, 7) is -1.04. The molecule has 8 N–H and O–H groups in total. The standard InChI is InChI=1S/C55H76N10O12S2/c1-58-52(74)38(17-9-11-23-56)31-42(66)40(29-36-13-5-3-6-14-36)60-46(68)19-27-64-48(70)21-25-62-50(72)33-44(54(62)76)78-35-79-45-34-51(73)63(55(45)77)26-22-49(71)65(64)28-20-47(69)61-41(30-37-15-7-4-8-16-37)43(67)32-39(53(75)59-2)18-10-12-24-57/h3-8,13-16,38-41,44-45H,9-12,17-35,56-57H2,1-2H3,(H,58,74)(H,59,75)(H,60,68)(H,61,69)/t38-,39-,40+,41+,44?,45?/m1/s1. The van der Waals surface area contributed by atoms with Crippen LogP contribution in [0.2, 0.25) is 0 Å². The first kappa shape index (κ1) is 63.3. The number of unbranched alkanes of at least 4 members (excludes halogenated alkanes) is 2. The van der Waals surface area contributed by atoms with Crippen LogP contribution < -0.4 is 32.7 Å². The topological polar surface area (TPSA) is 318 Å². The first-order valence-electron chi connectivity index (χ1n) is 27.1. The summed E-state index contributed by atoms with van der Waals surface area (Å²) in [6, 6.07) is 15.5. The lowest BCUT2D eigenvalue weighted by atomic mass is 9.90. The van der Waals surface area contributed by atoms with Crippen molar-refractivity contribution in [1.82, 2.24) is 41.1 Å². The molecule has 0 aromatic heterocycles. The van der Waals surface area contributed by atoms with Crippen LogP contribution in [0, 0.1) is 11.8 Å². The van der Waals surface area contributed by atoms with Gasteiger partial charge in [0.15, 0.2) is 11.6 Å². The van der Waals surface area contributed by atoms with Gasteiger partial charge in [-0.25, -0.2) is 0 Å². The summed E-state index contributed by atoms with van der Waals surface area (Å²) < 4.78 is 0. The van der Waals surface area contributed by atoms with E-state index in [2.05, 4.69) is 21.3 Å². The van der Waals surface area contributed by atoms with Crippen LogP contribution in [0.25, 0.3) is 0 Å². The number of Topliss-reactive ketones (excluding diaryl/α,β-unsaturated/α-hetero) is 2. The predicted molar refractivity (Wildman–Crippen MR) is 297 cm³/mol. The van der Waals surface area contributed by atoms with Gasteiger partial charge < -0.3 is 32.7 Å². The largest absolute Gasteiger partial charge is 0.359 e. The van der Waals surface area contributed by atoms with E-state index < -0.39 is 132 Å². The maximum Gasteiger partial charge on any atom is 0.242 e. The van der Waals surface area contributed by atoms with E-state index >= 15 is 0 Å². The number of nitrogens with one attached hydrogen (secondary N) is 4. The Morgan fingerprint density at radius 2 is 0.937 bits per heavy atom. The Morgan fingerprint density at radius 1 is 0.557 bits per heavy atom. The first-order valence-corrected chi connectivity index (χ1v) is 29.2. The third-order valence-corrected chi connectivity index (χ3v) is 16.8. The average Bonchev–Trinajstić information content (AvgIpc) is 3.92. The second-order valence-corrected chi connectivity index (χ2v) is 22.5. The molecule has 79 heavy (non-hydrogen) atoms. The highest BCUT2D eigenvalue weighted by atomic mass is 32.2. The maximum absolute atomic E-state index is 14.7. The van der Waals surface area contributed by atoms with Gasteiger partial charge in [-0.15, -0.1) is 23.5 Å². The van der Waals surface area contributed by atoms with E-state index in [0.717, 1.165) is 43.3 Å². The van der Waals surface area contributed by atoms with Gasteiger partial charge in [-0.3, -0.25) is 77.4 Å². The van der Waals surface area contributed by atoms with Gasteiger partial charge >= 0.3 is 0 Å². The summed E-state index contributed by atoms with van der Waals surface area (Å²) in [7, 11) is 2.94. The summed E-state index contributed by atoms with van der Waals surface area (Å²) >= 11 is 2.30. The van der Waals surface area contributed by atoms with Gasteiger partial charge in [0, 0.05) is 95.5 Å².